The van der Waals surface area contributed by atoms with Crippen molar-refractivity contribution < 1.29 is 0 Å². The molecule has 118 valence electrons. The second kappa shape index (κ2) is 6.87. The highest BCUT2D eigenvalue weighted by molar-refractivity contribution is 5.63. The number of rotatable bonds is 6. The van der Waals surface area contributed by atoms with E-state index in [0.29, 0.717) is 19.0 Å². The first-order valence-electron chi connectivity index (χ1n) is 7.41. The lowest BCUT2D eigenvalue weighted by molar-refractivity contribution is 0.607. The van der Waals surface area contributed by atoms with E-state index in [1.54, 1.807) is 17.1 Å². The quantitative estimate of drug-likeness (QED) is 0.750. The lowest BCUT2D eigenvalue weighted by Crippen LogP contribution is -2.13. The molecular weight excluding hydrogens is 290 g/mol. The van der Waals surface area contributed by atoms with Crippen molar-refractivity contribution in [2.75, 3.05) is 30.9 Å². The molecular formula is C16H19N7. The fraction of sp³-hybridized carbons (Fsp3) is 0.250. The molecule has 2 aromatic heterocycles. The van der Waals surface area contributed by atoms with Gasteiger partial charge in [0.05, 0.1) is 18.4 Å². The Labute approximate surface area is 135 Å². The van der Waals surface area contributed by atoms with Gasteiger partial charge in [-0.1, -0.05) is 17.3 Å². The van der Waals surface area contributed by atoms with Gasteiger partial charge in [0, 0.05) is 44.3 Å². The van der Waals surface area contributed by atoms with Crippen molar-refractivity contribution in [3.63, 3.8) is 0 Å². The van der Waals surface area contributed by atoms with E-state index in [9.17, 15) is 0 Å². The average molecular weight is 309 g/mol. The van der Waals surface area contributed by atoms with Crippen LogP contribution < -0.4 is 10.2 Å². The molecule has 0 aliphatic heterocycles. The Morgan fingerprint density at radius 2 is 1.91 bits per heavy atom. The van der Waals surface area contributed by atoms with Gasteiger partial charge in [-0.15, -0.1) is 5.10 Å². The van der Waals surface area contributed by atoms with Crippen LogP contribution in [0.15, 0.2) is 48.9 Å². The van der Waals surface area contributed by atoms with Gasteiger partial charge in [-0.05, 0) is 18.2 Å². The lowest BCUT2D eigenvalue weighted by Gasteiger charge is -2.12. The lowest BCUT2D eigenvalue weighted by atomic mass is 10.1. The maximum Gasteiger partial charge on any atom is 0.223 e. The first kappa shape index (κ1) is 15.0. The van der Waals surface area contributed by atoms with Gasteiger partial charge < -0.3 is 10.2 Å². The molecule has 0 radical (unpaired) electrons. The summed E-state index contributed by atoms with van der Waals surface area (Å²) in [4.78, 5) is 10.9. The molecule has 3 aromatic rings. The zero-order valence-corrected chi connectivity index (χ0v) is 13.2. The summed E-state index contributed by atoms with van der Waals surface area (Å²) < 4.78 is 1.76. The molecule has 0 spiro atoms. The first-order chi connectivity index (χ1) is 11.2. The smallest absolute Gasteiger partial charge is 0.223 e. The maximum atomic E-state index is 4.56. The predicted molar refractivity (Wildman–Crippen MR) is 90.3 cm³/mol. The second-order valence-corrected chi connectivity index (χ2v) is 5.30. The molecule has 7 heteroatoms. The maximum absolute atomic E-state index is 4.56. The van der Waals surface area contributed by atoms with Crippen LogP contribution in [0, 0.1) is 0 Å². The summed E-state index contributed by atoms with van der Waals surface area (Å²) in [5, 5.41) is 10.9. The summed E-state index contributed by atoms with van der Waals surface area (Å²) >= 11 is 0. The fourth-order valence-corrected chi connectivity index (χ4v) is 2.17. The Morgan fingerprint density at radius 3 is 2.61 bits per heavy atom. The van der Waals surface area contributed by atoms with Crippen molar-refractivity contribution in [3.05, 3.63) is 48.9 Å². The number of aromatic nitrogens is 5. The third-order valence-electron chi connectivity index (χ3n) is 3.43. The Hall–Kier alpha value is -2.96. The van der Waals surface area contributed by atoms with Gasteiger partial charge in [-0.3, -0.25) is 4.68 Å². The molecule has 1 N–H and O–H groups in total. The molecule has 0 aliphatic rings. The zero-order chi connectivity index (χ0) is 16.1. The van der Waals surface area contributed by atoms with E-state index in [2.05, 4.69) is 54.8 Å². The van der Waals surface area contributed by atoms with Crippen molar-refractivity contribution >= 4 is 11.6 Å². The van der Waals surface area contributed by atoms with Crippen LogP contribution in [-0.4, -0.2) is 45.6 Å². The van der Waals surface area contributed by atoms with Crippen LogP contribution in [-0.2, 0) is 6.54 Å². The van der Waals surface area contributed by atoms with Crippen LogP contribution in [0.1, 0.15) is 0 Å². The van der Waals surface area contributed by atoms with E-state index >= 15 is 0 Å². The number of hydrogen-bond acceptors (Lipinski definition) is 6. The Balaban J connectivity index is 1.66. The van der Waals surface area contributed by atoms with Crippen molar-refractivity contribution in [1.29, 1.82) is 0 Å². The molecule has 0 saturated heterocycles. The highest BCUT2D eigenvalue weighted by atomic mass is 15.4. The zero-order valence-electron chi connectivity index (χ0n) is 13.2. The van der Waals surface area contributed by atoms with E-state index in [1.165, 1.54) is 0 Å². The normalized spacial score (nSPS) is 10.5. The van der Waals surface area contributed by atoms with Gasteiger partial charge in [-0.2, -0.15) is 0 Å². The monoisotopic (exact) mass is 309 g/mol. The van der Waals surface area contributed by atoms with Crippen LogP contribution in [0.3, 0.4) is 0 Å². The summed E-state index contributed by atoms with van der Waals surface area (Å²) in [7, 11) is 4.05. The van der Waals surface area contributed by atoms with E-state index in [4.69, 9.17) is 0 Å². The van der Waals surface area contributed by atoms with Gasteiger partial charge in [0.2, 0.25) is 5.95 Å². The van der Waals surface area contributed by atoms with E-state index < -0.39 is 0 Å². The fourth-order valence-electron chi connectivity index (χ4n) is 2.17. The van der Waals surface area contributed by atoms with E-state index in [-0.39, 0.29) is 0 Å². The minimum absolute atomic E-state index is 0.610. The minimum atomic E-state index is 0.610. The Morgan fingerprint density at radius 1 is 1.09 bits per heavy atom. The topological polar surface area (TPSA) is 71.8 Å². The SMILES string of the molecule is CN(C)c1ccc(-c2ccnc(NCCn3ccnn3)n2)cc1. The minimum Gasteiger partial charge on any atom is -0.378 e. The number of benzene rings is 1. The van der Waals surface area contributed by atoms with Crippen LogP contribution in [0.2, 0.25) is 0 Å². The largest absolute Gasteiger partial charge is 0.378 e. The highest BCUT2D eigenvalue weighted by Gasteiger charge is 2.03. The summed E-state index contributed by atoms with van der Waals surface area (Å²) in [6.07, 6.45) is 5.25. The standard InChI is InChI=1S/C16H19N7/c1-22(2)14-5-3-13(4-6-14)15-7-8-17-16(20-15)18-9-11-23-12-10-19-21-23/h3-8,10,12H,9,11H2,1-2H3,(H,17,18,20). The number of nitrogens with one attached hydrogen (secondary N) is 1. The molecule has 0 atom stereocenters. The molecule has 1 aromatic carbocycles. The van der Waals surface area contributed by atoms with Gasteiger partial charge in [-0.25, -0.2) is 9.97 Å². The van der Waals surface area contributed by atoms with Gasteiger partial charge >= 0.3 is 0 Å². The Kier molecular flexibility index (Phi) is 4.46. The number of anilines is 2. The van der Waals surface area contributed by atoms with Crippen molar-refractivity contribution in [1.82, 2.24) is 25.0 Å². The van der Waals surface area contributed by atoms with Crippen molar-refractivity contribution in [3.8, 4) is 11.3 Å². The van der Waals surface area contributed by atoms with Gasteiger partial charge in [0.1, 0.15) is 0 Å². The van der Waals surface area contributed by atoms with Crippen molar-refractivity contribution in [2.24, 2.45) is 0 Å². The number of hydrogen-bond donors (Lipinski definition) is 1. The summed E-state index contributed by atoms with van der Waals surface area (Å²) in [6, 6.07) is 10.2. The molecule has 0 saturated carbocycles. The van der Waals surface area contributed by atoms with Gasteiger partial charge in [0.15, 0.2) is 0 Å². The van der Waals surface area contributed by atoms with E-state index in [0.717, 1.165) is 16.9 Å². The number of nitrogens with zero attached hydrogens (tertiary/aromatic N) is 6. The highest BCUT2D eigenvalue weighted by Crippen LogP contribution is 2.21. The predicted octanol–water partition coefficient (Wildman–Crippen LogP) is 1.91. The molecule has 0 bridgehead atoms. The average Bonchev–Trinajstić information content (AvgIpc) is 3.09. The molecule has 0 unspecified atom stereocenters. The summed E-state index contributed by atoms with van der Waals surface area (Å²) in [5.74, 6) is 0.610. The molecule has 0 aliphatic carbocycles. The molecule has 7 nitrogen and oxygen atoms in total. The molecule has 3 rings (SSSR count). The molecule has 2 heterocycles. The van der Waals surface area contributed by atoms with Crippen LogP contribution in [0.4, 0.5) is 11.6 Å². The third-order valence-corrected chi connectivity index (χ3v) is 3.43. The Bertz CT molecular complexity index is 735. The molecule has 23 heavy (non-hydrogen) atoms. The molecule has 0 amide bonds. The third kappa shape index (κ3) is 3.82. The van der Waals surface area contributed by atoms with E-state index in [1.807, 2.05) is 26.4 Å². The van der Waals surface area contributed by atoms with Crippen LogP contribution >= 0.6 is 0 Å². The van der Waals surface area contributed by atoms with Gasteiger partial charge in [0.25, 0.3) is 0 Å². The molecule has 0 fully saturated rings. The second-order valence-electron chi connectivity index (χ2n) is 5.30. The summed E-state index contributed by atoms with van der Waals surface area (Å²) in [5.41, 5.74) is 3.12. The first-order valence-corrected chi connectivity index (χ1v) is 7.41. The van der Waals surface area contributed by atoms with Crippen LogP contribution in [0.5, 0.6) is 0 Å². The summed E-state index contributed by atoms with van der Waals surface area (Å²) in [6.45, 7) is 1.40. The van der Waals surface area contributed by atoms with Crippen molar-refractivity contribution in [2.45, 2.75) is 6.54 Å². The van der Waals surface area contributed by atoms with Crippen LogP contribution in [0.25, 0.3) is 11.3 Å².